The summed E-state index contributed by atoms with van der Waals surface area (Å²) in [5.74, 6) is 0.0442. The van der Waals surface area contributed by atoms with Crippen LogP contribution < -0.4 is 15.1 Å². The predicted molar refractivity (Wildman–Crippen MR) is 121 cm³/mol. The second-order valence-corrected chi connectivity index (χ2v) is 8.17. The molecule has 0 bridgehead atoms. The first-order chi connectivity index (χ1) is 14.1. The van der Waals surface area contributed by atoms with Crippen molar-refractivity contribution >= 4 is 23.0 Å². The first-order valence-electron chi connectivity index (χ1n) is 10.8. The zero-order chi connectivity index (χ0) is 20.2. The van der Waals surface area contributed by atoms with Gasteiger partial charge in [0.05, 0.1) is 6.54 Å². The molecule has 2 heterocycles. The monoisotopic (exact) mass is 392 g/mol. The van der Waals surface area contributed by atoms with E-state index in [-0.39, 0.29) is 5.91 Å². The molecule has 2 aromatic carbocycles. The molecular formula is C24H32N4O. The number of carbonyl (C=O) groups is 1. The number of likely N-dealkylation sites (N-methyl/N-ethyl adjacent to an activating group) is 1. The Morgan fingerprint density at radius 2 is 1.76 bits per heavy atom. The molecule has 0 radical (unpaired) electrons. The van der Waals surface area contributed by atoms with E-state index in [1.807, 2.05) is 12.1 Å². The minimum Gasteiger partial charge on any atom is -0.369 e. The molecule has 2 aliphatic rings. The summed E-state index contributed by atoms with van der Waals surface area (Å²) in [5, 5.41) is 3.07. The number of amides is 1. The minimum atomic E-state index is 0.0442. The second kappa shape index (κ2) is 8.87. The average molecular weight is 393 g/mol. The molecule has 154 valence electrons. The summed E-state index contributed by atoms with van der Waals surface area (Å²) in [6, 6.07) is 14.8. The number of fused-ring (bicyclic) bond motifs is 1. The largest absolute Gasteiger partial charge is 0.369 e. The number of rotatable bonds is 5. The Kier molecular flexibility index (Phi) is 6.05. The van der Waals surface area contributed by atoms with Crippen molar-refractivity contribution in [1.82, 2.24) is 4.90 Å². The van der Waals surface area contributed by atoms with Crippen molar-refractivity contribution in [3.63, 3.8) is 0 Å². The molecule has 0 atom stereocenters. The number of carbonyl (C=O) groups excluding carboxylic acids is 1. The van der Waals surface area contributed by atoms with Gasteiger partial charge in [0.1, 0.15) is 0 Å². The number of aryl methyl sites for hydroxylation is 2. The highest BCUT2D eigenvalue weighted by atomic mass is 16.2. The summed E-state index contributed by atoms with van der Waals surface area (Å²) in [7, 11) is 0. The molecule has 0 saturated carbocycles. The first kappa shape index (κ1) is 19.8. The van der Waals surface area contributed by atoms with Gasteiger partial charge in [-0.3, -0.25) is 4.79 Å². The third kappa shape index (κ3) is 4.73. The molecule has 29 heavy (non-hydrogen) atoms. The minimum absolute atomic E-state index is 0.0442. The molecule has 5 heteroatoms. The van der Waals surface area contributed by atoms with E-state index in [2.05, 4.69) is 64.2 Å². The van der Waals surface area contributed by atoms with Crippen molar-refractivity contribution < 1.29 is 4.79 Å². The van der Waals surface area contributed by atoms with Crippen LogP contribution in [0.15, 0.2) is 42.5 Å². The first-order valence-corrected chi connectivity index (χ1v) is 10.8. The van der Waals surface area contributed by atoms with E-state index in [1.165, 1.54) is 22.5 Å². The zero-order valence-corrected chi connectivity index (χ0v) is 17.7. The summed E-state index contributed by atoms with van der Waals surface area (Å²) in [4.78, 5) is 19.7. The van der Waals surface area contributed by atoms with Crippen LogP contribution in [0, 0.1) is 6.92 Å². The van der Waals surface area contributed by atoms with E-state index in [0.717, 1.165) is 57.8 Å². The summed E-state index contributed by atoms with van der Waals surface area (Å²) >= 11 is 0. The zero-order valence-electron chi connectivity index (χ0n) is 17.7. The maximum absolute atomic E-state index is 12.6. The van der Waals surface area contributed by atoms with E-state index < -0.39 is 0 Å². The van der Waals surface area contributed by atoms with Crippen molar-refractivity contribution in [3.05, 3.63) is 53.6 Å². The van der Waals surface area contributed by atoms with Gasteiger partial charge in [-0.05, 0) is 62.2 Å². The fraction of sp³-hybridized carbons (Fsp3) is 0.458. The maximum atomic E-state index is 12.6. The molecule has 0 aromatic heterocycles. The highest BCUT2D eigenvalue weighted by Gasteiger charge is 2.19. The highest BCUT2D eigenvalue weighted by Crippen LogP contribution is 2.28. The van der Waals surface area contributed by atoms with Gasteiger partial charge in [0, 0.05) is 49.8 Å². The second-order valence-electron chi connectivity index (χ2n) is 8.17. The van der Waals surface area contributed by atoms with Crippen LogP contribution in [0.4, 0.5) is 17.1 Å². The van der Waals surface area contributed by atoms with Crippen LogP contribution in [0.1, 0.15) is 24.5 Å². The van der Waals surface area contributed by atoms with Gasteiger partial charge < -0.3 is 20.0 Å². The van der Waals surface area contributed by atoms with Crippen molar-refractivity contribution in [2.45, 2.75) is 26.7 Å². The number of benzene rings is 2. The van der Waals surface area contributed by atoms with Crippen molar-refractivity contribution in [2.24, 2.45) is 0 Å². The predicted octanol–water partition coefficient (Wildman–Crippen LogP) is 3.53. The fourth-order valence-corrected chi connectivity index (χ4v) is 4.42. The summed E-state index contributed by atoms with van der Waals surface area (Å²) in [6.45, 7) is 11.2. The maximum Gasteiger partial charge on any atom is 0.243 e. The molecule has 1 fully saturated rings. The van der Waals surface area contributed by atoms with Gasteiger partial charge in [-0.2, -0.15) is 0 Å². The molecule has 0 unspecified atom stereocenters. The van der Waals surface area contributed by atoms with Gasteiger partial charge >= 0.3 is 0 Å². The molecule has 1 saturated heterocycles. The summed E-state index contributed by atoms with van der Waals surface area (Å²) in [5.41, 5.74) is 5.95. The Bertz CT molecular complexity index is 840. The molecule has 0 aliphatic carbocycles. The molecule has 1 N–H and O–H groups in total. The van der Waals surface area contributed by atoms with E-state index in [0.29, 0.717) is 6.54 Å². The lowest BCUT2D eigenvalue weighted by molar-refractivity contribution is -0.115. The molecule has 0 spiro atoms. The van der Waals surface area contributed by atoms with Crippen LogP contribution in [-0.2, 0) is 11.2 Å². The highest BCUT2D eigenvalue weighted by molar-refractivity contribution is 5.94. The smallest absolute Gasteiger partial charge is 0.243 e. The lowest BCUT2D eigenvalue weighted by Gasteiger charge is -2.35. The van der Waals surface area contributed by atoms with Crippen LogP contribution in [0.2, 0.25) is 0 Å². The van der Waals surface area contributed by atoms with Gasteiger partial charge in [-0.1, -0.05) is 24.6 Å². The molecule has 5 nitrogen and oxygen atoms in total. The topological polar surface area (TPSA) is 38.8 Å². The van der Waals surface area contributed by atoms with Crippen LogP contribution in [0.3, 0.4) is 0 Å². The summed E-state index contributed by atoms with van der Waals surface area (Å²) < 4.78 is 0. The van der Waals surface area contributed by atoms with Gasteiger partial charge in [0.15, 0.2) is 0 Å². The van der Waals surface area contributed by atoms with Crippen LogP contribution in [0.25, 0.3) is 0 Å². The molecular weight excluding hydrogens is 360 g/mol. The lowest BCUT2D eigenvalue weighted by atomic mass is 9.99. The number of anilines is 3. The molecule has 1 amide bonds. The number of hydrogen-bond donors (Lipinski definition) is 1. The number of piperazine rings is 1. The normalized spacial score (nSPS) is 17.2. The van der Waals surface area contributed by atoms with Gasteiger partial charge in [0.25, 0.3) is 0 Å². The fourth-order valence-electron chi connectivity index (χ4n) is 4.42. The Balaban J connectivity index is 1.34. The van der Waals surface area contributed by atoms with Gasteiger partial charge in [0.2, 0.25) is 5.91 Å². The van der Waals surface area contributed by atoms with E-state index in [4.69, 9.17) is 0 Å². The molecule has 2 aliphatic heterocycles. The standard InChI is InChI=1S/C24H32N4O/c1-3-26-13-15-27(16-14-26)22-9-7-21(8-10-22)25-24(29)18-28-12-4-5-20-17-19(2)6-11-23(20)28/h6-11,17H,3-5,12-16,18H2,1-2H3,(H,25,29). The van der Waals surface area contributed by atoms with E-state index >= 15 is 0 Å². The van der Waals surface area contributed by atoms with Crippen LogP contribution >= 0.6 is 0 Å². The SMILES string of the molecule is CCN1CCN(c2ccc(NC(=O)CN3CCCc4cc(C)ccc43)cc2)CC1. The quantitative estimate of drug-likeness (QED) is 0.845. The Morgan fingerprint density at radius 3 is 2.48 bits per heavy atom. The van der Waals surface area contributed by atoms with Gasteiger partial charge in [-0.15, -0.1) is 0 Å². The number of hydrogen-bond acceptors (Lipinski definition) is 4. The third-order valence-electron chi connectivity index (χ3n) is 6.12. The number of nitrogens with zero attached hydrogens (tertiary/aromatic N) is 3. The Morgan fingerprint density at radius 1 is 1.00 bits per heavy atom. The average Bonchev–Trinajstić information content (AvgIpc) is 2.74. The third-order valence-corrected chi connectivity index (χ3v) is 6.12. The van der Waals surface area contributed by atoms with Crippen molar-refractivity contribution in [2.75, 3.05) is 60.9 Å². The molecule has 4 rings (SSSR count). The van der Waals surface area contributed by atoms with Crippen molar-refractivity contribution in [1.29, 1.82) is 0 Å². The van der Waals surface area contributed by atoms with E-state index in [1.54, 1.807) is 0 Å². The lowest BCUT2D eigenvalue weighted by Crippen LogP contribution is -2.46. The van der Waals surface area contributed by atoms with Crippen LogP contribution in [-0.4, -0.2) is 56.6 Å². The number of nitrogens with one attached hydrogen (secondary N) is 1. The van der Waals surface area contributed by atoms with Gasteiger partial charge in [-0.25, -0.2) is 0 Å². The van der Waals surface area contributed by atoms with Crippen LogP contribution in [0.5, 0.6) is 0 Å². The Hall–Kier alpha value is -2.53. The van der Waals surface area contributed by atoms with Crippen molar-refractivity contribution in [3.8, 4) is 0 Å². The van der Waals surface area contributed by atoms with E-state index in [9.17, 15) is 4.79 Å². The Labute approximate surface area is 174 Å². The summed E-state index contributed by atoms with van der Waals surface area (Å²) in [6.07, 6.45) is 2.20. The molecule has 2 aromatic rings.